The second-order valence-corrected chi connectivity index (χ2v) is 18.7. The Labute approximate surface area is 374 Å². The number of aromatic nitrogens is 1. The molecule has 18 nitrogen and oxygen atoms in total. The molecule has 9 unspecified atom stereocenters. The predicted molar refractivity (Wildman–Crippen MR) is 242 cm³/mol. The van der Waals surface area contributed by atoms with Crippen LogP contribution in [-0.4, -0.2) is 134 Å². The molecule has 6 amide bonds. The number of aromatic amines is 1. The van der Waals surface area contributed by atoms with Crippen molar-refractivity contribution in [3.8, 4) is 5.75 Å². The topological polar surface area (TPSA) is 297 Å². The van der Waals surface area contributed by atoms with Crippen LogP contribution in [0.5, 0.6) is 5.75 Å². The molecule has 0 spiro atoms. The number of aliphatic hydroxyl groups excluding tert-OH is 3. The number of nitrogens with two attached hydrogens (primary N) is 1. The Balaban J connectivity index is 1.78. The van der Waals surface area contributed by atoms with Gasteiger partial charge in [0.2, 0.25) is 35.4 Å². The number of nitrogens with one attached hydrogen (secondary N) is 7. The highest BCUT2D eigenvalue weighted by Gasteiger charge is 2.36. The summed E-state index contributed by atoms with van der Waals surface area (Å²) in [6.45, 7) is 6.03. The molecule has 63 heavy (non-hydrogen) atoms. The summed E-state index contributed by atoms with van der Waals surface area (Å²) < 4.78 is 0. The Morgan fingerprint density at radius 3 is 2.03 bits per heavy atom. The first-order chi connectivity index (χ1) is 30.0. The van der Waals surface area contributed by atoms with E-state index in [4.69, 9.17) is 5.73 Å². The monoisotopic (exact) mass is 914 g/mol. The minimum atomic E-state index is -1.60. The van der Waals surface area contributed by atoms with E-state index in [0.29, 0.717) is 24.0 Å². The zero-order chi connectivity index (χ0) is 46.2. The molecule has 0 bridgehead atoms. The van der Waals surface area contributed by atoms with Crippen LogP contribution in [0.2, 0.25) is 0 Å². The van der Waals surface area contributed by atoms with E-state index in [0.717, 1.165) is 21.7 Å². The first-order valence-electron chi connectivity index (χ1n) is 21.1. The lowest BCUT2D eigenvalue weighted by Crippen LogP contribution is -2.62. The fraction of sp³-hybridized carbons (Fsp3) is 0.535. The van der Waals surface area contributed by atoms with Crippen LogP contribution in [0.1, 0.15) is 58.1 Å². The minimum absolute atomic E-state index is 0.00534. The molecule has 9 atom stereocenters. The van der Waals surface area contributed by atoms with E-state index in [9.17, 15) is 49.2 Å². The number of para-hydroxylation sites is 1. The quantitative estimate of drug-likeness (QED) is 0.0757. The van der Waals surface area contributed by atoms with Crippen LogP contribution >= 0.6 is 21.6 Å². The maximum Gasteiger partial charge on any atom is 0.245 e. The van der Waals surface area contributed by atoms with Crippen LogP contribution in [0.4, 0.5) is 0 Å². The molecule has 1 aliphatic rings. The third-order valence-corrected chi connectivity index (χ3v) is 13.3. The first-order valence-corrected chi connectivity index (χ1v) is 23.6. The molecule has 1 saturated heterocycles. The number of hydrogen-bond donors (Lipinski definition) is 12. The normalized spacial score (nSPS) is 24.0. The third kappa shape index (κ3) is 15.1. The summed E-state index contributed by atoms with van der Waals surface area (Å²) in [5.74, 6) is -5.14. The number of H-pyrrole nitrogens is 1. The van der Waals surface area contributed by atoms with E-state index in [1.807, 2.05) is 38.1 Å². The van der Waals surface area contributed by atoms with Crippen molar-refractivity contribution in [1.82, 2.24) is 36.9 Å². The summed E-state index contributed by atoms with van der Waals surface area (Å²) in [5, 5.41) is 57.6. The van der Waals surface area contributed by atoms with Crippen molar-refractivity contribution in [3.05, 3.63) is 65.9 Å². The van der Waals surface area contributed by atoms with Gasteiger partial charge in [-0.15, -0.1) is 0 Å². The zero-order valence-corrected chi connectivity index (χ0v) is 37.6. The van der Waals surface area contributed by atoms with Gasteiger partial charge in [0.25, 0.3) is 0 Å². The maximum absolute atomic E-state index is 14.5. The Hall–Kier alpha value is -4.86. The molecule has 3 aromatic rings. The van der Waals surface area contributed by atoms with E-state index in [1.165, 1.54) is 36.8 Å². The number of aliphatic hydroxyl groups is 3. The Morgan fingerprint density at radius 1 is 0.778 bits per heavy atom. The van der Waals surface area contributed by atoms with Gasteiger partial charge in [-0.25, -0.2) is 0 Å². The number of rotatable bonds is 14. The lowest BCUT2D eigenvalue weighted by atomic mass is 9.95. The third-order valence-electron chi connectivity index (χ3n) is 10.8. The molecule has 1 aliphatic heterocycles. The summed E-state index contributed by atoms with van der Waals surface area (Å²) in [4.78, 5) is 87.8. The van der Waals surface area contributed by atoms with Crippen molar-refractivity contribution in [2.75, 3.05) is 24.7 Å². The fourth-order valence-electron chi connectivity index (χ4n) is 6.91. The van der Waals surface area contributed by atoms with Crippen LogP contribution in [0.25, 0.3) is 10.9 Å². The lowest BCUT2D eigenvalue weighted by molar-refractivity contribution is -0.136. The van der Waals surface area contributed by atoms with Gasteiger partial charge in [0.05, 0.1) is 30.8 Å². The number of amides is 6. The standard InChI is InChI=1S/C43H62N8O10S2/c1-23(2)30-21-62-63-22-36(42(60)49-35(20-52)24(3)53)50-43(61)37(25(4)54)51-39(57)32(11-7-8-16-44)46-41(59)34(18-27-19-45-31-10-6-5-9-29(27)31)48-40(58)33(47-38(30)56)17-26-12-14-28(55)15-13-26/h5-6,9-10,12-15,19,23-25,30,32-37,45,52-55H,7-8,11,16-18,20-22,44H2,1-4H3,(H,46,59)(H,47,56)(H,48,58)(H,49,60)(H,50,61)(H,51,57). The lowest BCUT2D eigenvalue weighted by Gasteiger charge is -2.29. The van der Waals surface area contributed by atoms with E-state index in [-0.39, 0.29) is 49.0 Å². The Kier molecular flexibility index (Phi) is 20.0. The average molecular weight is 915 g/mol. The van der Waals surface area contributed by atoms with Gasteiger partial charge in [-0.1, -0.05) is 65.8 Å². The van der Waals surface area contributed by atoms with Crippen LogP contribution in [0.3, 0.4) is 0 Å². The van der Waals surface area contributed by atoms with Gasteiger partial charge in [0.15, 0.2) is 0 Å². The van der Waals surface area contributed by atoms with Crippen LogP contribution in [-0.2, 0) is 41.6 Å². The number of aromatic hydroxyl groups is 1. The fourth-order valence-corrected chi connectivity index (χ4v) is 9.58. The van der Waals surface area contributed by atoms with Gasteiger partial charge in [0.1, 0.15) is 36.0 Å². The first kappa shape index (κ1) is 50.8. The van der Waals surface area contributed by atoms with Gasteiger partial charge in [-0.2, -0.15) is 0 Å². The number of phenolic OH excluding ortho intramolecular Hbond substituents is 1. The van der Waals surface area contributed by atoms with Crippen LogP contribution in [0, 0.1) is 11.8 Å². The summed E-state index contributed by atoms with van der Waals surface area (Å²) in [6.07, 6.45) is -0.0162. The molecule has 20 heteroatoms. The van der Waals surface area contributed by atoms with Gasteiger partial charge in [-0.05, 0) is 74.9 Å². The van der Waals surface area contributed by atoms with E-state index in [2.05, 4.69) is 36.9 Å². The molecule has 0 radical (unpaired) electrons. The minimum Gasteiger partial charge on any atom is -0.508 e. The van der Waals surface area contributed by atoms with Crippen molar-refractivity contribution in [1.29, 1.82) is 0 Å². The van der Waals surface area contributed by atoms with Crippen LogP contribution < -0.4 is 37.6 Å². The zero-order valence-electron chi connectivity index (χ0n) is 36.0. The smallest absolute Gasteiger partial charge is 0.245 e. The summed E-state index contributed by atoms with van der Waals surface area (Å²) >= 11 is 0. The van der Waals surface area contributed by atoms with E-state index < -0.39 is 96.4 Å². The SMILES string of the molecule is CC(C)C1CSSCC(C(=O)NC(CO)C(C)O)NC(=O)C(C(C)O)NC(=O)C(CCCCN)NC(=O)C(Cc2c[nH]c3ccccc23)NC(=O)C(Cc2ccc(O)cc2)NC1=O. The number of phenols is 1. The number of carbonyl (C=O) groups is 6. The van der Waals surface area contributed by atoms with Gasteiger partial charge in [0, 0.05) is 41.4 Å². The maximum atomic E-state index is 14.5. The molecule has 1 aromatic heterocycles. The number of fused-ring (bicyclic) bond motifs is 1. The summed E-state index contributed by atoms with van der Waals surface area (Å²) in [7, 11) is 2.40. The molecular weight excluding hydrogens is 853 g/mol. The highest BCUT2D eigenvalue weighted by molar-refractivity contribution is 8.76. The number of benzene rings is 2. The van der Waals surface area contributed by atoms with Gasteiger partial charge >= 0.3 is 0 Å². The molecule has 2 aromatic carbocycles. The molecular formula is C43H62N8O10S2. The van der Waals surface area contributed by atoms with Gasteiger partial charge in [-0.3, -0.25) is 28.8 Å². The summed E-state index contributed by atoms with van der Waals surface area (Å²) in [6, 6.07) is 5.81. The van der Waals surface area contributed by atoms with Crippen molar-refractivity contribution < 1.29 is 49.2 Å². The molecule has 13 N–H and O–H groups in total. The summed E-state index contributed by atoms with van der Waals surface area (Å²) in [5.41, 5.74) is 7.84. The van der Waals surface area contributed by atoms with E-state index >= 15 is 0 Å². The molecule has 2 heterocycles. The predicted octanol–water partition coefficient (Wildman–Crippen LogP) is 0.118. The molecule has 0 saturated carbocycles. The molecule has 0 aliphatic carbocycles. The second-order valence-electron chi connectivity index (χ2n) is 16.1. The highest BCUT2D eigenvalue weighted by atomic mass is 33.1. The van der Waals surface area contributed by atoms with Gasteiger partial charge < -0.3 is 63.0 Å². The second kappa shape index (κ2) is 24.8. The van der Waals surface area contributed by atoms with Crippen molar-refractivity contribution in [2.45, 2.75) is 108 Å². The van der Waals surface area contributed by atoms with Crippen molar-refractivity contribution >= 4 is 67.9 Å². The average Bonchev–Trinajstić information content (AvgIpc) is 3.65. The molecule has 346 valence electrons. The Bertz CT molecular complexity index is 2000. The Morgan fingerprint density at radius 2 is 1.40 bits per heavy atom. The largest absolute Gasteiger partial charge is 0.508 e. The van der Waals surface area contributed by atoms with Crippen molar-refractivity contribution in [2.24, 2.45) is 17.6 Å². The molecule has 1 fully saturated rings. The highest BCUT2D eigenvalue weighted by Crippen LogP contribution is 2.29. The number of hydrogen-bond acceptors (Lipinski definition) is 13. The van der Waals surface area contributed by atoms with E-state index in [1.54, 1.807) is 18.3 Å². The van der Waals surface area contributed by atoms with Crippen LogP contribution in [0.15, 0.2) is 54.7 Å². The number of unbranched alkanes of at least 4 members (excludes halogenated alkanes) is 1. The van der Waals surface area contributed by atoms with Crippen molar-refractivity contribution in [3.63, 3.8) is 0 Å². The molecule has 4 rings (SSSR count). The number of carbonyl (C=O) groups excluding carboxylic acids is 6.